The lowest BCUT2D eigenvalue weighted by atomic mass is 10.1. The molecule has 3 rings (SSSR count). The minimum absolute atomic E-state index is 0.0816. The number of aromatic nitrogens is 2. The molecule has 0 spiro atoms. The highest BCUT2D eigenvalue weighted by Crippen LogP contribution is 2.32. The number of H-pyrrole nitrogens is 1. The van der Waals surface area contributed by atoms with Crippen molar-refractivity contribution >= 4 is 5.91 Å². The summed E-state index contributed by atoms with van der Waals surface area (Å²) < 4.78 is 37.1. The third kappa shape index (κ3) is 4.05. The summed E-state index contributed by atoms with van der Waals surface area (Å²) in [6.45, 7) is -0.0816. The van der Waals surface area contributed by atoms with Crippen LogP contribution in [0.5, 0.6) is 11.5 Å². The number of nitrogens with one attached hydrogen (secondary N) is 2. The van der Waals surface area contributed by atoms with Crippen molar-refractivity contribution < 1.29 is 23.0 Å². The Morgan fingerprint density at radius 2 is 1.93 bits per heavy atom. The van der Waals surface area contributed by atoms with E-state index in [1.165, 1.54) is 13.2 Å². The molecule has 1 aromatic heterocycles. The van der Waals surface area contributed by atoms with Crippen molar-refractivity contribution in [1.82, 2.24) is 15.5 Å². The molecule has 27 heavy (non-hydrogen) atoms. The van der Waals surface area contributed by atoms with Crippen molar-refractivity contribution in [2.75, 3.05) is 14.2 Å². The highest BCUT2D eigenvalue weighted by Gasteiger charge is 2.15. The molecule has 1 heterocycles. The first kappa shape index (κ1) is 18.4. The topological polar surface area (TPSA) is 76.2 Å². The van der Waals surface area contributed by atoms with E-state index in [0.29, 0.717) is 22.8 Å². The van der Waals surface area contributed by atoms with Gasteiger partial charge in [0.2, 0.25) is 0 Å². The summed E-state index contributed by atoms with van der Waals surface area (Å²) in [6.07, 6.45) is 0. The second-order valence-corrected chi connectivity index (χ2v) is 5.65. The lowest BCUT2D eigenvalue weighted by molar-refractivity contribution is 0.0945. The zero-order valence-electron chi connectivity index (χ0n) is 14.7. The molecule has 0 saturated carbocycles. The highest BCUT2D eigenvalue weighted by molar-refractivity contribution is 5.93. The summed E-state index contributed by atoms with van der Waals surface area (Å²) in [7, 11) is 3.08. The van der Waals surface area contributed by atoms with E-state index in [1.807, 2.05) is 0 Å². The molecule has 2 aromatic carbocycles. The minimum atomic E-state index is -0.721. The molecular formula is C19H17F2N3O3. The Bertz CT molecular complexity index is 973. The first-order valence-electron chi connectivity index (χ1n) is 8.01. The van der Waals surface area contributed by atoms with Gasteiger partial charge in [-0.25, -0.2) is 8.78 Å². The van der Waals surface area contributed by atoms with Gasteiger partial charge >= 0.3 is 0 Å². The zero-order valence-corrected chi connectivity index (χ0v) is 14.7. The van der Waals surface area contributed by atoms with Gasteiger partial charge in [0.15, 0.2) is 0 Å². The van der Waals surface area contributed by atoms with Gasteiger partial charge in [-0.05, 0) is 30.3 Å². The summed E-state index contributed by atoms with van der Waals surface area (Å²) in [4.78, 5) is 12.3. The number of nitrogens with zero attached hydrogens (tertiary/aromatic N) is 1. The maximum Gasteiger partial charge on any atom is 0.269 e. The predicted octanol–water partition coefficient (Wildman–Crippen LogP) is 3.30. The smallest absolute Gasteiger partial charge is 0.269 e. The monoisotopic (exact) mass is 373 g/mol. The summed E-state index contributed by atoms with van der Waals surface area (Å²) in [6, 6.07) is 9.96. The fraction of sp³-hybridized carbons (Fsp3) is 0.158. The lowest BCUT2D eigenvalue weighted by Crippen LogP contribution is -2.23. The van der Waals surface area contributed by atoms with Gasteiger partial charge in [0.1, 0.15) is 28.8 Å². The van der Waals surface area contributed by atoms with Gasteiger partial charge in [-0.15, -0.1) is 0 Å². The minimum Gasteiger partial charge on any atom is -0.497 e. The van der Waals surface area contributed by atoms with Crippen molar-refractivity contribution in [3.63, 3.8) is 0 Å². The fourth-order valence-corrected chi connectivity index (χ4v) is 2.53. The van der Waals surface area contributed by atoms with E-state index in [2.05, 4.69) is 15.5 Å². The second kappa shape index (κ2) is 7.86. The standard InChI is InChI=1S/C19H17F2N3O3/c1-26-13-5-6-18(27-2)14(8-13)16-9-17(24-23-16)19(25)22-10-11-3-4-12(20)7-15(11)21/h3-9H,10H2,1-2H3,(H,22,25)(H,23,24). The van der Waals surface area contributed by atoms with Gasteiger partial charge in [-0.3, -0.25) is 9.89 Å². The Balaban J connectivity index is 1.76. The lowest BCUT2D eigenvalue weighted by Gasteiger charge is -2.08. The number of amides is 1. The molecule has 140 valence electrons. The van der Waals surface area contributed by atoms with Crippen LogP contribution < -0.4 is 14.8 Å². The van der Waals surface area contributed by atoms with Crippen LogP contribution in [0.3, 0.4) is 0 Å². The molecule has 0 aliphatic heterocycles. The van der Waals surface area contributed by atoms with Crippen LogP contribution in [0.25, 0.3) is 11.3 Å². The van der Waals surface area contributed by atoms with Crippen LogP contribution in [-0.2, 0) is 6.54 Å². The van der Waals surface area contributed by atoms with Crippen LogP contribution in [0.1, 0.15) is 16.1 Å². The Hall–Kier alpha value is -3.42. The molecule has 0 aliphatic rings. The summed E-state index contributed by atoms with van der Waals surface area (Å²) in [5.41, 5.74) is 1.51. The average Bonchev–Trinajstić information content (AvgIpc) is 3.16. The van der Waals surface area contributed by atoms with E-state index in [-0.39, 0.29) is 17.8 Å². The Labute approximate surface area is 154 Å². The molecule has 0 saturated heterocycles. The van der Waals surface area contributed by atoms with Crippen LogP contribution in [0.15, 0.2) is 42.5 Å². The first-order valence-corrected chi connectivity index (χ1v) is 8.01. The van der Waals surface area contributed by atoms with Crippen LogP contribution in [0, 0.1) is 11.6 Å². The summed E-state index contributed by atoms with van der Waals surface area (Å²) in [5.74, 6) is -0.677. The van der Waals surface area contributed by atoms with Crippen molar-refractivity contribution in [3.05, 3.63) is 65.4 Å². The maximum absolute atomic E-state index is 13.6. The molecule has 6 nitrogen and oxygen atoms in total. The molecule has 0 atom stereocenters. The third-order valence-electron chi connectivity index (χ3n) is 3.96. The van der Waals surface area contributed by atoms with Gasteiger partial charge in [0.25, 0.3) is 5.91 Å². The van der Waals surface area contributed by atoms with Crippen molar-refractivity contribution in [3.8, 4) is 22.8 Å². The Morgan fingerprint density at radius 3 is 2.63 bits per heavy atom. The van der Waals surface area contributed by atoms with Gasteiger partial charge in [0.05, 0.1) is 19.9 Å². The molecule has 8 heteroatoms. The average molecular weight is 373 g/mol. The normalized spacial score (nSPS) is 10.5. The number of hydrogen-bond donors (Lipinski definition) is 2. The first-order chi connectivity index (χ1) is 13.0. The van der Waals surface area contributed by atoms with Crippen LogP contribution in [-0.4, -0.2) is 30.3 Å². The number of methoxy groups -OCH3 is 2. The largest absolute Gasteiger partial charge is 0.497 e. The number of ether oxygens (including phenoxy) is 2. The fourth-order valence-electron chi connectivity index (χ4n) is 2.53. The molecule has 0 unspecified atom stereocenters. The van der Waals surface area contributed by atoms with E-state index in [4.69, 9.17) is 9.47 Å². The molecular weight excluding hydrogens is 356 g/mol. The van der Waals surface area contributed by atoms with Crippen LogP contribution in [0.2, 0.25) is 0 Å². The molecule has 0 fully saturated rings. The van der Waals surface area contributed by atoms with E-state index >= 15 is 0 Å². The number of aromatic amines is 1. The van der Waals surface area contributed by atoms with E-state index in [1.54, 1.807) is 31.4 Å². The van der Waals surface area contributed by atoms with E-state index in [9.17, 15) is 13.6 Å². The number of hydrogen-bond acceptors (Lipinski definition) is 4. The van der Waals surface area contributed by atoms with E-state index < -0.39 is 17.5 Å². The summed E-state index contributed by atoms with van der Waals surface area (Å²) in [5, 5.41) is 9.33. The molecule has 1 amide bonds. The molecule has 0 aliphatic carbocycles. The van der Waals surface area contributed by atoms with Crippen LogP contribution in [0.4, 0.5) is 8.78 Å². The van der Waals surface area contributed by atoms with Gasteiger partial charge in [0, 0.05) is 23.7 Å². The summed E-state index contributed by atoms with van der Waals surface area (Å²) >= 11 is 0. The maximum atomic E-state index is 13.6. The van der Waals surface area contributed by atoms with Crippen molar-refractivity contribution in [2.24, 2.45) is 0 Å². The number of rotatable bonds is 6. The van der Waals surface area contributed by atoms with Crippen LogP contribution >= 0.6 is 0 Å². The number of carbonyl (C=O) groups excluding carboxylic acids is 1. The molecule has 0 bridgehead atoms. The molecule has 3 aromatic rings. The molecule has 0 radical (unpaired) electrons. The quantitative estimate of drug-likeness (QED) is 0.695. The van der Waals surface area contributed by atoms with Crippen molar-refractivity contribution in [2.45, 2.75) is 6.54 Å². The number of halogens is 2. The van der Waals surface area contributed by atoms with Gasteiger partial charge < -0.3 is 14.8 Å². The SMILES string of the molecule is COc1ccc(OC)c(-c2cc(C(=O)NCc3ccc(F)cc3F)[nH]n2)c1. The highest BCUT2D eigenvalue weighted by atomic mass is 19.1. The van der Waals surface area contributed by atoms with Gasteiger partial charge in [-0.2, -0.15) is 5.10 Å². The predicted molar refractivity (Wildman–Crippen MR) is 94.7 cm³/mol. The van der Waals surface area contributed by atoms with Crippen molar-refractivity contribution in [1.29, 1.82) is 0 Å². The Kier molecular flexibility index (Phi) is 5.35. The zero-order chi connectivity index (χ0) is 19.4. The molecule has 2 N–H and O–H groups in total. The second-order valence-electron chi connectivity index (χ2n) is 5.65. The van der Waals surface area contributed by atoms with E-state index in [0.717, 1.165) is 12.1 Å². The Morgan fingerprint density at radius 1 is 1.11 bits per heavy atom. The number of carbonyl (C=O) groups is 1. The number of benzene rings is 2. The third-order valence-corrected chi connectivity index (χ3v) is 3.96. The van der Waals surface area contributed by atoms with Gasteiger partial charge in [-0.1, -0.05) is 6.07 Å².